The third-order valence-corrected chi connectivity index (χ3v) is 5.00. The van der Waals surface area contributed by atoms with E-state index in [1.165, 1.54) is 4.88 Å². The van der Waals surface area contributed by atoms with E-state index in [0.717, 1.165) is 30.0 Å². The van der Waals surface area contributed by atoms with E-state index in [9.17, 15) is 4.79 Å². The molecule has 1 unspecified atom stereocenters. The zero-order chi connectivity index (χ0) is 13.1. The molecule has 1 aliphatic carbocycles. The molecular weight excluding hydrogens is 270 g/mol. The summed E-state index contributed by atoms with van der Waals surface area (Å²) < 4.78 is 0.813. The van der Waals surface area contributed by atoms with Crippen LogP contribution in [0.2, 0.25) is 4.34 Å². The summed E-state index contributed by atoms with van der Waals surface area (Å²) in [5.41, 5.74) is 0. The summed E-state index contributed by atoms with van der Waals surface area (Å²) >= 11 is 7.53. The molecule has 0 saturated heterocycles. The topological polar surface area (TPSA) is 49.3 Å². The Kier molecular flexibility index (Phi) is 4.65. The Balaban J connectivity index is 1.83. The number of carboxylic acids is 1. The molecule has 5 heteroatoms. The molecule has 2 rings (SSSR count). The van der Waals surface area contributed by atoms with Crippen molar-refractivity contribution in [3.8, 4) is 0 Å². The fourth-order valence-corrected chi connectivity index (χ4v) is 3.58. The van der Waals surface area contributed by atoms with Crippen LogP contribution in [0, 0.1) is 5.92 Å². The molecule has 2 N–H and O–H groups in total. The zero-order valence-electron chi connectivity index (χ0n) is 10.4. The van der Waals surface area contributed by atoms with Gasteiger partial charge in [-0.3, -0.25) is 4.79 Å². The van der Waals surface area contributed by atoms with Crippen molar-refractivity contribution < 1.29 is 9.90 Å². The molecule has 0 radical (unpaired) electrons. The lowest BCUT2D eigenvalue weighted by molar-refractivity contribution is -0.142. The third-order valence-electron chi connectivity index (χ3n) is 3.58. The van der Waals surface area contributed by atoms with Crippen LogP contribution < -0.4 is 5.32 Å². The molecule has 0 bridgehead atoms. The summed E-state index contributed by atoms with van der Waals surface area (Å²) in [6.07, 6.45) is 3.46. The monoisotopic (exact) mass is 287 g/mol. The maximum atomic E-state index is 10.9. The van der Waals surface area contributed by atoms with Gasteiger partial charge in [0.05, 0.1) is 10.3 Å². The van der Waals surface area contributed by atoms with Crippen molar-refractivity contribution in [2.24, 2.45) is 5.92 Å². The fourth-order valence-electron chi connectivity index (χ4n) is 2.50. The Labute approximate surface area is 116 Å². The molecule has 1 saturated carbocycles. The highest BCUT2D eigenvalue weighted by molar-refractivity contribution is 7.16. The van der Waals surface area contributed by atoms with Crippen LogP contribution in [0.25, 0.3) is 0 Å². The molecule has 0 aromatic carbocycles. The normalized spacial score (nSPS) is 25.9. The SMILES string of the molecule is CC(NC1CCC(C(=O)O)CC1)c1ccc(Cl)s1. The fraction of sp³-hybridized carbons (Fsp3) is 0.615. The molecule has 0 amide bonds. The number of thiophene rings is 1. The van der Waals surface area contributed by atoms with Crippen molar-refractivity contribution in [1.29, 1.82) is 0 Å². The highest BCUT2D eigenvalue weighted by Gasteiger charge is 2.26. The highest BCUT2D eigenvalue weighted by Crippen LogP contribution is 2.30. The van der Waals surface area contributed by atoms with Crippen molar-refractivity contribution in [1.82, 2.24) is 5.32 Å². The van der Waals surface area contributed by atoms with Crippen LogP contribution >= 0.6 is 22.9 Å². The van der Waals surface area contributed by atoms with Gasteiger partial charge in [0.1, 0.15) is 0 Å². The Morgan fingerprint density at radius 1 is 1.44 bits per heavy atom. The van der Waals surface area contributed by atoms with Gasteiger partial charge in [0.2, 0.25) is 0 Å². The van der Waals surface area contributed by atoms with E-state index in [1.54, 1.807) is 11.3 Å². The molecule has 1 aliphatic rings. The summed E-state index contributed by atoms with van der Waals surface area (Å²) in [5.74, 6) is -0.791. The molecular formula is C13H18ClNO2S. The van der Waals surface area contributed by atoms with Gasteiger partial charge in [0, 0.05) is 17.0 Å². The minimum Gasteiger partial charge on any atom is -0.481 e. The van der Waals surface area contributed by atoms with E-state index >= 15 is 0 Å². The van der Waals surface area contributed by atoms with Gasteiger partial charge in [0.15, 0.2) is 0 Å². The molecule has 0 aliphatic heterocycles. The van der Waals surface area contributed by atoms with Gasteiger partial charge in [-0.2, -0.15) is 0 Å². The lowest BCUT2D eigenvalue weighted by Gasteiger charge is -2.29. The molecule has 0 spiro atoms. The summed E-state index contributed by atoms with van der Waals surface area (Å²) in [5, 5.41) is 12.5. The molecule has 100 valence electrons. The minimum absolute atomic E-state index is 0.144. The van der Waals surface area contributed by atoms with Gasteiger partial charge >= 0.3 is 5.97 Å². The molecule has 1 atom stereocenters. The Morgan fingerprint density at radius 2 is 2.11 bits per heavy atom. The van der Waals surface area contributed by atoms with Crippen LogP contribution in [-0.2, 0) is 4.79 Å². The van der Waals surface area contributed by atoms with Gasteiger partial charge in [0.25, 0.3) is 0 Å². The predicted molar refractivity (Wildman–Crippen MR) is 74.3 cm³/mol. The smallest absolute Gasteiger partial charge is 0.306 e. The summed E-state index contributed by atoms with van der Waals surface area (Å²) in [6.45, 7) is 2.13. The molecule has 1 aromatic heterocycles. The second-order valence-corrected chi connectivity index (χ2v) is 6.66. The van der Waals surface area contributed by atoms with Gasteiger partial charge in [-0.15, -0.1) is 11.3 Å². The van der Waals surface area contributed by atoms with E-state index in [4.69, 9.17) is 16.7 Å². The van der Waals surface area contributed by atoms with Crippen molar-refractivity contribution in [2.45, 2.75) is 44.7 Å². The lowest BCUT2D eigenvalue weighted by Crippen LogP contribution is -2.36. The van der Waals surface area contributed by atoms with E-state index in [0.29, 0.717) is 6.04 Å². The van der Waals surface area contributed by atoms with E-state index in [-0.39, 0.29) is 12.0 Å². The number of hydrogen-bond donors (Lipinski definition) is 2. The Morgan fingerprint density at radius 3 is 2.61 bits per heavy atom. The zero-order valence-corrected chi connectivity index (χ0v) is 11.9. The highest BCUT2D eigenvalue weighted by atomic mass is 35.5. The standard InChI is InChI=1S/C13H18ClNO2S/c1-8(11-6-7-12(14)18-11)15-10-4-2-9(3-5-10)13(16)17/h6-10,15H,2-5H2,1H3,(H,16,17). The minimum atomic E-state index is -0.647. The number of rotatable bonds is 4. The number of aliphatic carboxylic acids is 1. The van der Waals surface area contributed by atoms with Gasteiger partial charge in [-0.1, -0.05) is 11.6 Å². The third kappa shape index (κ3) is 3.46. The first-order valence-electron chi connectivity index (χ1n) is 6.30. The average Bonchev–Trinajstić information content (AvgIpc) is 2.76. The molecule has 1 heterocycles. The summed E-state index contributed by atoms with van der Waals surface area (Å²) in [7, 11) is 0. The van der Waals surface area contributed by atoms with Crippen molar-refractivity contribution >= 4 is 28.9 Å². The first-order chi connectivity index (χ1) is 8.56. The van der Waals surface area contributed by atoms with E-state index in [2.05, 4.69) is 12.2 Å². The molecule has 1 fully saturated rings. The Bertz CT molecular complexity index is 413. The Hall–Kier alpha value is -0.580. The van der Waals surface area contributed by atoms with Crippen LogP contribution in [0.15, 0.2) is 12.1 Å². The first kappa shape index (κ1) is 13.8. The quantitative estimate of drug-likeness (QED) is 0.888. The lowest BCUT2D eigenvalue weighted by atomic mass is 9.86. The van der Waals surface area contributed by atoms with Crippen LogP contribution in [0.3, 0.4) is 0 Å². The second-order valence-electron chi connectivity index (χ2n) is 4.92. The summed E-state index contributed by atoms with van der Waals surface area (Å²) in [4.78, 5) is 12.1. The average molecular weight is 288 g/mol. The number of hydrogen-bond acceptors (Lipinski definition) is 3. The maximum absolute atomic E-state index is 10.9. The molecule has 1 aromatic rings. The summed E-state index contributed by atoms with van der Waals surface area (Å²) in [6, 6.07) is 4.68. The van der Waals surface area contributed by atoms with Crippen molar-refractivity contribution in [3.63, 3.8) is 0 Å². The largest absolute Gasteiger partial charge is 0.481 e. The molecule has 3 nitrogen and oxygen atoms in total. The van der Waals surface area contributed by atoms with E-state index in [1.807, 2.05) is 12.1 Å². The van der Waals surface area contributed by atoms with Crippen molar-refractivity contribution in [3.05, 3.63) is 21.3 Å². The van der Waals surface area contributed by atoms with E-state index < -0.39 is 5.97 Å². The van der Waals surface area contributed by atoms with Crippen molar-refractivity contribution in [2.75, 3.05) is 0 Å². The number of nitrogens with one attached hydrogen (secondary N) is 1. The van der Waals surface area contributed by atoms with Crippen LogP contribution in [0.5, 0.6) is 0 Å². The van der Waals surface area contributed by atoms with Crippen LogP contribution in [-0.4, -0.2) is 17.1 Å². The van der Waals surface area contributed by atoms with Crippen LogP contribution in [0.4, 0.5) is 0 Å². The van der Waals surface area contributed by atoms with Gasteiger partial charge < -0.3 is 10.4 Å². The van der Waals surface area contributed by atoms with Gasteiger partial charge in [-0.05, 0) is 44.7 Å². The predicted octanol–water partition coefficient (Wildman–Crippen LogP) is 3.70. The number of halogens is 1. The number of carboxylic acid groups (broad SMARTS) is 1. The first-order valence-corrected chi connectivity index (χ1v) is 7.50. The maximum Gasteiger partial charge on any atom is 0.306 e. The second kappa shape index (κ2) is 6.04. The number of carbonyl (C=O) groups is 1. The van der Waals surface area contributed by atoms with Gasteiger partial charge in [-0.25, -0.2) is 0 Å². The molecule has 18 heavy (non-hydrogen) atoms. The van der Waals surface area contributed by atoms with Crippen LogP contribution in [0.1, 0.15) is 43.5 Å².